The molecule has 2 rings (SSSR count). The van der Waals surface area contributed by atoms with E-state index in [-0.39, 0.29) is 10.9 Å². The number of H-pyrrole nitrogens is 1. The van der Waals surface area contributed by atoms with E-state index >= 15 is 0 Å². The molecule has 3 nitrogen and oxygen atoms in total. The standard InChI is InChI=1S/C13H18N2.H2O/c1-11-4-5-13(3,12(2)8-11)9-15-7-6-14-10-15;/h4-8,10,12H,9H2,1-3H3;1H2. The molecule has 0 aromatic carbocycles. The number of allylic oxidation sites excluding steroid dienone is 4. The minimum Gasteiger partial charge on any atom is -0.870 e. The van der Waals surface area contributed by atoms with Crippen molar-refractivity contribution >= 4 is 0 Å². The molecule has 0 saturated heterocycles. The highest BCUT2D eigenvalue weighted by atomic mass is 16.0. The Kier molecular flexibility index (Phi) is 3.70. The molecule has 2 atom stereocenters. The number of aromatic amines is 1. The molecule has 1 aliphatic carbocycles. The quantitative estimate of drug-likeness (QED) is 0.764. The summed E-state index contributed by atoms with van der Waals surface area (Å²) in [6.45, 7) is 7.80. The lowest BCUT2D eigenvalue weighted by Crippen LogP contribution is -2.43. The van der Waals surface area contributed by atoms with Gasteiger partial charge in [-0.05, 0) is 12.8 Å². The largest absolute Gasteiger partial charge is 0.870 e. The van der Waals surface area contributed by atoms with Crippen LogP contribution in [0.4, 0.5) is 0 Å². The minimum absolute atomic E-state index is 0. The summed E-state index contributed by atoms with van der Waals surface area (Å²) in [5.74, 6) is 0.588. The van der Waals surface area contributed by atoms with E-state index in [0.717, 1.165) is 6.54 Å². The summed E-state index contributed by atoms with van der Waals surface area (Å²) in [4.78, 5) is 3.08. The van der Waals surface area contributed by atoms with Gasteiger partial charge in [-0.15, -0.1) is 0 Å². The molecule has 0 amide bonds. The van der Waals surface area contributed by atoms with Gasteiger partial charge in [0.05, 0.1) is 6.54 Å². The average Bonchev–Trinajstić information content (AvgIpc) is 2.65. The normalized spacial score (nSPS) is 28.4. The fraction of sp³-hybridized carbons (Fsp3) is 0.462. The molecule has 88 valence electrons. The predicted molar refractivity (Wildman–Crippen MR) is 63.1 cm³/mol. The molecule has 2 N–H and O–H groups in total. The number of hydrogen-bond donors (Lipinski definition) is 1. The molecule has 0 bridgehead atoms. The first-order valence-corrected chi connectivity index (χ1v) is 5.50. The lowest BCUT2D eigenvalue weighted by atomic mass is 9.74. The van der Waals surface area contributed by atoms with Gasteiger partial charge < -0.3 is 5.48 Å². The summed E-state index contributed by atoms with van der Waals surface area (Å²) >= 11 is 0. The molecule has 0 spiro atoms. The predicted octanol–water partition coefficient (Wildman–Crippen LogP) is 2.28. The number of aromatic nitrogens is 2. The fourth-order valence-corrected chi connectivity index (χ4v) is 2.12. The Hall–Kier alpha value is -1.35. The molecule has 0 fully saturated rings. The van der Waals surface area contributed by atoms with Crippen molar-refractivity contribution in [3.8, 4) is 0 Å². The summed E-state index contributed by atoms with van der Waals surface area (Å²) in [6, 6.07) is 0. The number of imidazole rings is 1. The van der Waals surface area contributed by atoms with Crippen molar-refractivity contribution in [2.45, 2.75) is 27.3 Å². The number of nitrogens with one attached hydrogen (secondary N) is 1. The Labute approximate surface area is 96.8 Å². The van der Waals surface area contributed by atoms with Crippen molar-refractivity contribution < 1.29 is 10.0 Å². The first kappa shape index (κ1) is 12.7. The van der Waals surface area contributed by atoms with Crippen molar-refractivity contribution in [3.05, 3.63) is 42.5 Å². The van der Waals surface area contributed by atoms with Crippen molar-refractivity contribution in [1.82, 2.24) is 4.98 Å². The van der Waals surface area contributed by atoms with Crippen LogP contribution in [0.3, 0.4) is 0 Å². The Morgan fingerprint density at radius 2 is 2.25 bits per heavy atom. The zero-order chi connectivity index (χ0) is 10.9. The van der Waals surface area contributed by atoms with Crippen molar-refractivity contribution in [1.29, 1.82) is 0 Å². The second kappa shape index (κ2) is 4.66. The fourth-order valence-electron chi connectivity index (χ4n) is 2.12. The maximum Gasteiger partial charge on any atom is 0.241 e. The molecule has 0 saturated carbocycles. The van der Waals surface area contributed by atoms with E-state index in [1.165, 1.54) is 5.57 Å². The second-order valence-electron chi connectivity index (χ2n) is 4.82. The highest BCUT2D eigenvalue weighted by Crippen LogP contribution is 2.34. The van der Waals surface area contributed by atoms with Crippen LogP contribution in [0.2, 0.25) is 0 Å². The topological polar surface area (TPSA) is 49.7 Å². The first-order chi connectivity index (χ1) is 7.10. The van der Waals surface area contributed by atoms with Gasteiger partial charge in [0.2, 0.25) is 6.33 Å². The van der Waals surface area contributed by atoms with E-state index in [1.54, 1.807) is 0 Å². The van der Waals surface area contributed by atoms with E-state index in [2.05, 4.69) is 54.7 Å². The minimum atomic E-state index is 0. The molecule has 2 unspecified atom stereocenters. The van der Waals surface area contributed by atoms with E-state index < -0.39 is 0 Å². The van der Waals surface area contributed by atoms with Crippen LogP contribution in [0, 0.1) is 11.3 Å². The van der Waals surface area contributed by atoms with E-state index in [9.17, 15) is 0 Å². The summed E-state index contributed by atoms with van der Waals surface area (Å²) in [7, 11) is 0. The van der Waals surface area contributed by atoms with Crippen LogP contribution >= 0.6 is 0 Å². The van der Waals surface area contributed by atoms with Crippen LogP contribution < -0.4 is 4.57 Å². The van der Waals surface area contributed by atoms with Gasteiger partial charge in [0, 0.05) is 5.41 Å². The van der Waals surface area contributed by atoms with Crippen LogP contribution in [-0.4, -0.2) is 10.5 Å². The smallest absolute Gasteiger partial charge is 0.241 e. The summed E-state index contributed by atoms with van der Waals surface area (Å²) in [6.07, 6.45) is 13.0. The van der Waals surface area contributed by atoms with Crippen LogP contribution in [0.5, 0.6) is 0 Å². The first-order valence-electron chi connectivity index (χ1n) is 5.50. The molecule has 0 radical (unpaired) electrons. The lowest BCUT2D eigenvalue weighted by Gasteiger charge is -2.32. The molecule has 0 aliphatic heterocycles. The number of rotatable bonds is 2. The van der Waals surface area contributed by atoms with Gasteiger partial charge in [0.25, 0.3) is 0 Å². The second-order valence-corrected chi connectivity index (χ2v) is 4.82. The third-order valence-corrected chi connectivity index (χ3v) is 3.41. The highest BCUT2D eigenvalue weighted by molar-refractivity contribution is 5.25. The van der Waals surface area contributed by atoms with Crippen LogP contribution in [-0.2, 0) is 6.54 Å². The maximum absolute atomic E-state index is 3.08. The molecule has 3 heteroatoms. The van der Waals surface area contributed by atoms with Crippen molar-refractivity contribution in [3.63, 3.8) is 0 Å². The Morgan fingerprint density at radius 1 is 1.50 bits per heavy atom. The molecule has 1 heterocycles. The molecular formula is C13H20N2O. The van der Waals surface area contributed by atoms with Gasteiger partial charge >= 0.3 is 0 Å². The highest BCUT2D eigenvalue weighted by Gasteiger charge is 2.31. The van der Waals surface area contributed by atoms with Crippen LogP contribution in [0.1, 0.15) is 20.8 Å². The van der Waals surface area contributed by atoms with Crippen molar-refractivity contribution in [2.75, 3.05) is 0 Å². The van der Waals surface area contributed by atoms with Crippen LogP contribution in [0.25, 0.3) is 0 Å². The molecule has 1 aliphatic rings. The van der Waals surface area contributed by atoms with Gasteiger partial charge in [-0.1, -0.05) is 37.6 Å². The third kappa shape index (κ3) is 2.42. The molecule has 16 heavy (non-hydrogen) atoms. The maximum atomic E-state index is 3.08. The molecule has 1 aromatic heterocycles. The molecule has 1 aromatic rings. The van der Waals surface area contributed by atoms with Gasteiger partial charge in [-0.2, -0.15) is 0 Å². The summed E-state index contributed by atoms with van der Waals surface area (Å²) in [5.41, 5.74) is 1.60. The third-order valence-electron chi connectivity index (χ3n) is 3.41. The zero-order valence-corrected chi connectivity index (χ0v) is 10.1. The summed E-state index contributed by atoms with van der Waals surface area (Å²) in [5, 5.41) is 0. The lowest BCUT2D eigenvalue weighted by molar-refractivity contribution is -0.707. The van der Waals surface area contributed by atoms with Gasteiger partial charge in [-0.25, -0.2) is 4.57 Å². The molecular weight excluding hydrogens is 200 g/mol. The van der Waals surface area contributed by atoms with Gasteiger partial charge in [-0.3, -0.25) is 4.98 Å². The van der Waals surface area contributed by atoms with Gasteiger partial charge in [0.1, 0.15) is 12.4 Å². The SMILES string of the molecule is CC1=CC(C)C(C)(C[n+]2cc[nH]c2)C=C1.[OH-]. The van der Waals surface area contributed by atoms with E-state index in [1.807, 2.05) is 12.5 Å². The summed E-state index contributed by atoms with van der Waals surface area (Å²) < 4.78 is 2.20. The zero-order valence-electron chi connectivity index (χ0n) is 10.1. The number of nitrogens with zero attached hydrogens (tertiary/aromatic N) is 1. The van der Waals surface area contributed by atoms with Crippen LogP contribution in [0.15, 0.2) is 42.5 Å². The van der Waals surface area contributed by atoms with E-state index in [0.29, 0.717) is 5.92 Å². The Bertz CT molecular complexity index is 392. The average molecular weight is 220 g/mol. The Balaban J connectivity index is 0.00000128. The van der Waals surface area contributed by atoms with E-state index in [4.69, 9.17) is 0 Å². The Morgan fingerprint density at radius 3 is 2.81 bits per heavy atom. The van der Waals surface area contributed by atoms with Crippen molar-refractivity contribution in [2.24, 2.45) is 11.3 Å². The van der Waals surface area contributed by atoms with Gasteiger partial charge in [0.15, 0.2) is 0 Å². The monoisotopic (exact) mass is 220 g/mol. The number of hydrogen-bond acceptors (Lipinski definition) is 1.